The number of anilines is 1. The third kappa shape index (κ3) is 2.21. The number of pyridine rings is 1. The molecule has 1 atom stereocenters. The van der Waals surface area contributed by atoms with Gasteiger partial charge in [-0.05, 0) is 30.7 Å². The summed E-state index contributed by atoms with van der Waals surface area (Å²) in [5.74, 6) is 1.27. The Balaban J connectivity index is 2.10. The SMILES string of the molecule is Cc1ccc2cccc(N3CC(CS)CC3=O)c2n1. The Bertz CT molecular complexity index is 641. The summed E-state index contributed by atoms with van der Waals surface area (Å²) in [6, 6.07) is 10.0. The Hall–Kier alpha value is -1.55. The molecule has 0 aliphatic carbocycles. The molecule has 1 aromatic heterocycles. The van der Waals surface area contributed by atoms with Crippen LogP contribution in [0.15, 0.2) is 30.3 Å². The van der Waals surface area contributed by atoms with E-state index in [1.54, 1.807) is 0 Å². The molecule has 3 nitrogen and oxygen atoms in total. The fourth-order valence-electron chi connectivity index (χ4n) is 2.58. The van der Waals surface area contributed by atoms with Crippen LogP contribution in [0.25, 0.3) is 10.9 Å². The van der Waals surface area contributed by atoms with Crippen LogP contribution in [0.2, 0.25) is 0 Å². The molecule has 2 heterocycles. The molecule has 0 N–H and O–H groups in total. The average molecular weight is 272 g/mol. The van der Waals surface area contributed by atoms with Gasteiger partial charge >= 0.3 is 0 Å². The van der Waals surface area contributed by atoms with E-state index in [1.165, 1.54) is 0 Å². The lowest BCUT2D eigenvalue weighted by molar-refractivity contribution is -0.117. The van der Waals surface area contributed by atoms with Crippen molar-refractivity contribution in [3.8, 4) is 0 Å². The van der Waals surface area contributed by atoms with E-state index in [9.17, 15) is 4.79 Å². The van der Waals surface area contributed by atoms with Crippen molar-refractivity contribution in [2.24, 2.45) is 5.92 Å². The third-order valence-electron chi connectivity index (χ3n) is 3.59. The summed E-state index contributed by atoms with van der Waals surface area (Å²) in [7, 11) is 0. The van der Waals surface area contributed by atoms with Gasteiger partial charge in [0.2, 0.25) is 5.91 Å². The largest absolute Gasteiger partial charge is 0.310 e. The fourth-order valence-corrected chi connectivity index (χ4v) is 2.83. The van der Waals surface area contributed by atoms with Crippen LogP contribution in [0, 0.1) is 12.8 Å². The van der Waals surface area contributed by atoms with Crippen LogP contribution in [-0.2, 0) is 4.79 Å². The molecule has 19 heavy (non-hydrogen) atoms. The molecule has 3 rings (SSSR count). The molecular formula is C15H16N2OS. The first-order valence-electron chi connectivity index (χ1n) is 6.46. The summed E-state index contributed by atoms with van der Waals surface area (Å²) in [6.45, 7) is 2.72. The van der Waals surface area contributed by atoms with Gasteiger partial charge in [-0.1, -0.05) is 18.2 Å². The molecule has 1 aromatic carbocycles. The Morgan fingerprint density at radius 3 is 2.95 bits per heavy atom. The summed E-state index contributed by atoms with van der Waals surface area (Å²) in [5, 5.41) is 1.07. The second-order valence-electron chi connectivity index (χ2n) is 5.06. The second kappa shape index (κ2) is 4.85. The van der Waals surface area contributed by atoms with Gasteiger partial charge in [0.15, 0.2) is 0 Å². The highest BCUT2D eigenvalue weighted by molar-refractivity contribution is 7.80. The number of hydrogen-bond donors (Lipinski definition) is 1. The smallest absolute Gasteiger partial charge is 0.227 e. The van der Waals surface area contributed by atoms with E-state index in [0.29, 0.717) is 12.3 Å². The molecule has 1 saturated heterocycles. The van der Waals surface area contributed by atoms with Crippen LogP contribution in [0.4, 0.5) is 5.69 Å². The van der Waals surface area contributed by atoms with Crippen molar-refractivity contribution in [3.05, 3.63) is 36.0 Å². The monoisotopic (exact) mass is 272 g/mol. The molecule has 2 aromatic rings. The predicted octanol–water partition coefficient (Wildman–Crippen LogP) is 2.83. The summed E-state index contributed by atoms with van der Waals surface area (Å²) in [6.07, 6.45) is 0.589. The first-order chi connectivity index (χ1) is 9.19. The first-order valence-corrected chi connectivity index (χ1v) is 7.10. The Morgan fingerprint density at radius 1 is 1.37 bits per heavy atom. The van der Waals surface area contributed by atoms with Crippen molar-refractivity contribution >= 4 is 35.1 Å². The number of aromatic nitrogens is 1. The number of nitrogens with zero attached hydrogens (tertiary/aromatic N) is 2. The minimum atomic E-state index is 0.176. The lowest BCUT2D eigenvalue weighted by Gasteiger charge is -2.18. The first kappa shape index (κ1) is 12.5. The van der Waals surface area contributed by atoms with Gasteiger partial charge in [-0.15, -0.1) is 0 Å². The van der Waals surface area contributed by atoms with Crippen molar-refractivity contribution in [2.45, 2.75) is 13.3 Å². The number of fused-ring (bicyclic) bond motifs is 1. The second-order valence-corrected chi connectivity index (χ2v) is 5.42. The lowest BCUT2D eigenvalue weighted by Crippen LogP contribution is -2.25. The number of carbonyl (C=O) groups excluding carboxylic acids is 1. The number of aryl methyl sites for hydroxylation is 1. The van der Waals surface area contributed by atoms with Gasteiger partial charge in [0.05, 0.1) is 11.2 Å². The molecule has 0 saturated carbocycles. The maximum Gasteiger partial charge on any atom is 0.227 e. The zero-order valence-electron chi connectivity index (χ0n) is 10.8. The van der Waals surface area contributed by atoms with Crippen LogP contribution < -0.4 is 4.90 Å². The molecule has 1 fully saturated rings. The molecular weight excluding hydrogens is 256 g/mol. The van der Waals surface area contributed by atoms with Gasteiger partial charge in [0.25, 0.3) is 0 Å². The van der Waals surface area contributed by atoms with Gasteiger partial charge in [-0.25, -0.2) is 0 Å². The van der Waals surface area contributed by atoms with Crippen molar-refractivity contribution in [3.63, 3.8) is 0 Å². The molecule has 1 amide bonds. The van der Waals surface area contributed by atoms with E-state index in [4.69, 9.17) is 0 Å². The summed E-state index contributed by atoms with van der Waals surface area (Å²) >= 11 is 4.30. The quantitative estimate of drug-likeness (QED) is 0.853. The molecule has 1 aliphatic heterocycles. The van der Waals surface area contributed by atoms with E-state index in [-0.39, 0.29) is 5.91 Å². The van der Waals surface area contributed by atoms with Crippen molar-refractivity contribution in [1.29, 1.82) is 0 Å². The number of para-hydroxylation sites is 1. The van der Waals surface area contributed by atoms with E-state index < -0.39 is 0 Å². The number of carbonyl (C=O) groups is 1. The van der Waals surface area contributed by atoms with Crippen LogP contribution in [0.3, 0.4) is 0 Å². The van der Waals surface area contributed by atoms with Gasteiger partial charge in [-0.3, -0.25) is 9.78 Å². The third-order valence-corrected chi connectivity index (χ3v) is 4.11. The highest BCUT2D eigenvalue weighted by atomic mass is 32.1. The van der Waals surface area contributed by atoms with E-state index in [1.807, 2.05) is 36.1 Å². The maximum absolute atomic E-state index is 12.1. The van der Waals surface area contributed by atoms with E-state index >= 15 is 0 Å². The van der Waals surface area contributed by atoms with Crippen LogP contribution >= 0.6 is 12.6 Å². The van der Waals surface area contributed by atoms with E-state index in [0.717, 1.165) is 34.6 Å². The molecule has 98 valence electrons. The minimum absolute atomic E-state index is 0.176. The lowest BCUT2D eigenvalue weighted by atomic mass is 10.1. The molecule has 4 heteroatoms. The highest BCUT2D eigenvalue weighted by Gasteiger charge is 2.30. The van der Waals surface area contributed by atoms with Crippen molar-refractivity contribution < 1.29 is 4.79 Å². The zero-order valence-corrected chi connectivity index (χ0v) is 11.7. The van der Waals surface area contributed by atoms with Crippen molar-refractivity contribution in [2.75, 3.05) is 17.2 Å². The average Bonchev–Trinajstić information content (AvgIpc) is 2.79. The molecule has 0 bridgehead atoms. The molecule has 1 unspecified atom stereocenters. The Labute approximate surface area is 118 Å². The standard InChI is InChI=1S/C15H16N2OS/c1-10-5-6-12-3-2-4-13(15(12)16-10)17-8-11(9-19)7-14(17)18/h2-6,11,19H,7-9H2,1H3. The van der Waals surface area contributed by atoms with Crippen LogP contribution in [0.1, 0.15) is 12.1 Å². The normalized spacial score (nSPS) is 19.4. The van der Waals surface area contributed by atoms with Crippen molar-refractivity contribution in [1.82, 2.24) is 4.98 Å². The fraction of sp³-hybridized carbons (Fsp3) is 0.333. The molecule has 1 aliphatic rings. The van der Waals surface area contributed by atoms with Gasteiger partial charge < -0.3 is 4.90 Å². The Morgan fingerprint density at radius 2 is 2.21 bits per heavy atom. The highest BCUT2D eigenvalue weighted by Crippen LogP contribution is 2.31. The summed E-state index contributed by atoms with van der Waals surface area (Å²) in [4.78, 5) is 18.6. The minimum Gasteiger partial charge on any atom is -0.310 e. The topological polar surface area (TPSA) is 33.2 Å². The van der Waals surface area contributed by atoms with Gasteiger partial charge in [0.1, 0.15) is 0 Å². The number of benzene rings is 1. The molecule has 0 spiro atoms. The number of amides is 1. The van der Waals surface area contributed by atoms with Crippen LogP contribution in [0.5, 0.6) is 0 Å². The number of thiol groups is 1. The maximum atomic E-state index is 12.1. The zero-order chi connectivity index (χ0) is 13.4. The Kier molecular flexibility index (Phi) is 3.19. The van der Waals surface area contributed by atoms with Gasteiger partial charge in [-0.2, -0.15) is 12.6 Å². The number of hydrogen-bond acceptors (Lipinski definition) is 3. The number of rotatable bonds is 2. The predicted molar refractivity (Wildman–Crippen MR) is 80.8 cm³/mol. The van der Waals surface area contributed by atoms with Gasteiger partial charge in [0, 0.05) is 24.0 Å². The van der Waals surface area contributed by atoms with Crippen LogP contribution in [-0.4, -0.2) is 23.2 Å². The molecule has 0 radical (unpaired) electrons. The summed E-state index contributed by atoms with van der Waals surface area (Å²) in [5.41, 5.74) is 2.81. The summed E-state index contributed by atoms with van der Waals surface area (Å²) < 4.78 is 0. The van der Waals surface area contributed by atoms with E-state index in [2.05, 4.69) is 23.7 Å².